The highest BCUT2D eigenvalue weighted by Gasteiger charge is 2.38. The van der Waals surface area contributed by atoms with Crippen LogP contribution in [-0.2, 0) is 22.7 Å². The molecule has 4 heteroatoms. The quantitative estimate of drug-likeness (QED) is 0.750. The van der Waals surface area contributed by atoms with Crippen LogP contribution in [0.25, 0.3) is 11.1 Å². The lowest BCUT2D eigenvalue weighted by molar-refractivity contribution is -0.145. The number of hydrogen-bond acceptors (Lipinski definition) is 2. The summed E-state index contributed by atoms with van der Waals surface area (Å²) < 4.78 is 0. The molecule has 1 atom stereocenters. The summed E-state index contributed by atoms with van der Waals surface area (Å²) in [5, 5.41) is 0. The topological polar surface area (TPSA) is 40.6 Å². The van der Waals surface area contributed by atoms with E-state index < -0.39 is 0 Å². The van der Waals surface area contributed by atoms with Crippen molar-refractivity contribution in [1.29, 1.82) is 0 Å². The van der Waals surface area contributed by atoms with Gasteiger partial charge >= 0.3 is 0 Å². The summed E-state index contributed by atoms with van der Waals surface area (Å²) in [4.78, 5) is 30.2. The summed E-state index contributed by atoms with van der Waals surface area (Å²) in [7, 11) is 0. The number of hydrogen-bond donors (Lipinski definition) is 0. The molecule has 2 aliphatic rings. The van der Waals surface area contributed by atoms with Crippen molar-refractivity contribution in [2.75, 3.05) is 6.54 Å². The predicted octanol–water partition coefficient (Wildman–Crippen LogP) is 4.62. The Labute approximate surface area is 173 Å². The van der Waals surface area contributed by atoms with Gasteiger partial charge in [-0.2, -0.15) is 0 Å². The third-order valence-corrected chi connectivity index (χ3v) is 5.90. The Bertz CT molecular complexity index is 881. The van der Waals surface area contributed by atoms with Crippen molar-refractivity contribution in [1.82, 2.24) is 9.80 Å². The first-order valence-corrected chi connectivity index (χ1v) is 10.6. The average molecular weight is 391 g/mol. The lowest BCUT2D eigenvalue weighted by Crippen LogP contribution is -2.47. The van der Waals surface area contributed by atoms with Crippen LogP contribution in [-0.4, -0.2) is 34.2 Å². The van der Waals surface area contributed by atoms with E-state index in [9.17, 15) is 9.59 Å². The fourth-order valence-corrected chi connectivity index (χ4v) is 4.55. The van der Waals surface area contributed by atoms with Gasteiger partial charge in [0.15, 0.2) is 0 Å². The minimum atomic E-state index is -0.331. The zero-order valence-corrected chi connectivity index (χ0v) is 17.6. The van der Waals surface area contributed by atoms with Crippen molar-refractivity contribution in [3.8, 4) is 11.1 Å². The van der Waals surface area contributed by atoms with Crippen LogP contribution >= 0.6 is 0 Å². The van der Waals surface area contributed by atoms with E-state index in [1.807, 2.05) is 21.9 Å². The molecule has 4 rings (SSSR count). The number of likely N-dealkylation sites (tertiary alicyclic amines) is 1. The molecular weight excluding hydrogens is 360 g/mol. The maximum absolute atomic E-state index is 13.6. The smallest absolute Gasteiger partial charge is 0.245 e. The van der Waals surface area contributed by atoms with Crippen LogP contribution in [0, 0.1) is 5.41 Å². The summed E-state index contributed by atoms with van der Waals surface area (Å²) >= 11 is 0. The van der Waals surface area contributed by atoms with Gasteiger partial charge in [-0.05, 0) is 40.5 Å². The second kappa shape index (κ2) is 7.66. The first kappa shape index (κ1) is 19.7. The van der Waals surface area contributed by atoms with Gasteiger partial charge in [0.2, 0.25) is 11.8 Å². The van der Waals surface area contributed by atoms with Crippen LogP contribution in [0.2, 0.25) is 0 Å². The molecule has 0 spiro atoms. The highest BCUT2D eigenvalue weighted by Crippen LogP contribution is 2.34. The van der Waals surface area contributed by atoms with E-state index >= 15 is 0 Å². The molecule has 2 aliphatic heterocycles. The number of carbonyl (C=O) groups is 2. The molecule has 2 amide bonds. The van der Waals surface area contributed by atoms with Gasteiger partial charge in [0.1, 0.15) is 6.04 Å². The second-order valence-electron chi connectivity index (χ2n) is 9.49. The van der Waals surface area contributed by atoms with E-state index in [2.05, 4.69) is 57.2 Å². The fourth-order valence-electron chi connectivity index (χ4n) is 4.55. The molecule has 4 nitrogen and oxygen atoms in total. The van der Waals surface area contributed by atoms with Gasteiger partial charge in [-0.3, -0.25) is 9.59 Å². The lowest BCUT2D eigenvalue weighted by Gasteiger charge is -2.31. The molecule has 1 saturated heterocycles. The molecule has 1 fully saturated rings. The number of rotatable bonds is 2. The van der Waals surface area contributed by atoms with Crippen LogP contribution in [0.5, 0.6) is 0 Å². The first-order chi connectivity index (χ1) is 13.8. The van der Waals surface area contributed by atoms with Gasteiger partial charge < -0.3 is 9.80 Å². The maximum atomic E-state index is 13.6. The number of carbonyl (C=O) groups excluding carboxylic acids is 2. The van der Waals surface area contributed by atoms with Crippen molar-refractivity contribution < 1.29 is 9.59 Å². The Kier molecular flexibility index (Phi) is 5.20. The summed E-state index contributed by atoms with van der Waals surface area (Å²) in [6, 6.07) is 16.3. The number of amides is 2. The fraction of sp³-hybridized carbons (Fsp3) is 0.440. The molecule has 0 radical (unpaired) electrons. The van der Waals surface area contributed by atoms with Crippen LogP contribution in [0.1, 0.15) is 51.2 Å². The standard InChI is InChI=1S/C25H30N2O2/c1-25(2,3)15-23(28)27-14-8-13-22(27)24(29)26-16-18-9-4-6-11-20(18)21-12-7-5-10-19(21)17-26/h4-7,9-12,22H,8,13-17H2,1-3H3. The largest absolute Gasteiger partial charge is 0.332 e. The van der Waals surface area contributed by atoms with Crippen LogP contribution < -0.4 is 0 Å². The molecule has 2 aromatic carbocycles. The van der Waals surface area contributed by atoms with E-state index in [-0.39, 0.29) is 23.3 Å². The van der Waals surface area contributed by atoms with Crippen LogP contribution in [0.3, 0.4) is 0 Å². The molecule has 0 bridgehead atoms. The van der Waals surface area contributed by atoms with Gasteiger partial charge in [0, 0.05) is 26.1 Å². The molecule has 2 aromatic rings. The zero-order valence-electron chi connectivity index (χ0n) is 17.6. The molecule has 1 unspecified atom stereocenters. The molecule has 0 aromatic heterocycles. The Balaban J connectivity index is 1.62. The van der Waals surface area contributed by atoms with Crippen molar-refractivity contribution in [3.63, 3.8) is 0 Å². The second-order valence-corrected chi connectivity index (χ2v) is 9.49. The van der Waals surface area contributed by atoms with Gasteiger partial charge in [-0.25, -0.2) is 0 Å². The van der Waals surface area contributed by atoms with Crippen molar-refractivity contribution in [3.05, 3.63) is 59.7 Å². The highest BCUT2D eigenvalue weighted by molar-refractivity contribution is 5.89. The van der Waals surface area contributed by atoms with Gasteiger partial charge in [-0.15, -0.1) is 0 Å². The van der Waals surface area contributed by atoms with Crippen molar-refractivity contribution >= 4 is 11.8 Å². The zero-order chi connectivity index (χ0) is 20.6. The number of nitrogens with zero attached hydrogens (tertiary/aromatic N) is 2. The van der Waals surface area contributed by atoms with E-state index in [0.29, 0.717) is 26.1 Å². The van der Waals surface area contributed by atoms with E-state index in [1.54, 1.807) is 0 Å². The summed E-state index contributed by atoms with van der Waals surface area (Å²) in [5.74, 6) is 0.181. The minimum Gasteiger partial charge on any atom is -0.332 e. The molecular formula is C25H30N2O2. The first-order valence-electron chi connectivity index (χ1n) is 10.6. The minimum absolute atomic E-state index is 0.0756. The highest BCUT2D eigenvalue weighted by atomic mass is 16.2. The van der Waals surface area contributed by atoms with E-state index in [1.165, 1.54) is 11.1 Å². The molecule has 0 aliphatic carbocycles. The molecule has 0 saturated carbocycles. The molecule has 2 heterocycles. The van der Waals surface area contributed by atoms with Gasteiger partial charge in [-0.1, -0.05) is 69.3 Å². The monoisotopic (exact) mass is 390 g/mol. The SMILES string of the molecule is CC(C)(C)CC(=O)N1CCCC1C(=O)N1Cc2ccccc2-c2ccccc2C1. The maximum Gasteiger partial charge on any atom is 0.245 e. The third kappa shape index (κ3) is 4.07. The molecule has 29 heavy (non-hydrogen) atoms. The summed E-state index contributed by atoms with van der Waals surface area (Å²) in [6.45, 7) is 8.07. The summed E-state index contributed by atoms with van der Waals surface area (Å²) in [5.41, 5.74) is 4.65. The third-order valence-electron chi connectivity index (χ3n) is 5.90. The molecule has 152 valence electrons. The van der Waals surface area contributed by atoms with E-state index in [0.717, 1.165) is 24.0 Å². The Morgan fingerprint density at radius 1 is 0.931 bits per heavy atom. The van der Waals surface area contributed by atoms with Crippen LogP contribution in [0.4, 0.5) is 0 Å². The number of fused-ring (bicyclic) bond motifs is 3. The van der Waals surface area contributed by atoms with Crippen molar-refractivity contribution in [2.45, 2.75) is 59.2 Å². The van der Waals surface area contributed by atoms with Gasteiger partial charge in [0.05, 0.1) is 0 Å². The predicted molar refractivity (Wildman–Crippen MR) is 115 cm³/mol. The Hall–Kier alpha value is -2.62. The lowest BCUT2D eigenvalue weighted by atomic mass is 9.91. The van der Waals surface area contributed by atoms with Crippen molar-refractivity contribution in [2.24, 2.45) is 5.41 Å². The van der Waals surface area contributed by atoms with Crippen LogP contribution in [0.15, 0.2) is 48.5 Å². The Morgan fingerprint density at radius 3 is 2.03 bits per heavy atom. The molecule has 0 N–H and O–H groups in total. The normalized spacial score (nSPS) is 18.8. The number of benzene rings is 2. The van der Waals surface area contributed by atoms with E-state index in [4.69, 9.17) is 0 Å². The van der Waals surface area contributed by atoms with Gasteiger partial charge in [0.25, 0.3) is 0 Å². The average Bonchev–Trinajstić information content (AvgIpc) is 3.10. The Morgan fingerprint density at radius 2 is 1.48 bits per heavy atom. The summed E-state index contributed by atoms with van der Waals surface area (Å²) in [6.07, 6.45) is 2.13.